The molecule has 3 aliphatic rings. The van der Waals surface area contributed by atoms with E-state index in [9.17, 15) is 4.79 Å². The van der Waals surface area contributed by atoms with Gasteiger partial charge in [-0.25, -0.2) is 0 Å². The summed E-state index contributed by atoms with van der Waals surface area (Å²) in [4.78, 5) is 11.8. The van der Waals surface area contributed by atoms with Gasteiger partial charge in [0.15, 0.2) is 0 Å². The number of carbonyl (C=O) groups is 1. The zero-order valence-corrected chi connectivity index (χ0v) is 13.7. The van der Waals surface area contributed by atoms with Crippen LogP contribution in [0.5, 0.6) is 5.75 Å². The summed E-state index contributed by atoms with van der Waals surface area (Å²) < 4.78 is 5.56. The molecule has 3 aliphatic carbocycles. The molecule has 1 aromatic carbocycles. The minimum Gasteiger partial charge on any atom is -0.496 e. The molecule has 0 heterocycles. The van der Waals surface area contributed by atoms with E-state index in [0.29, 0.717) is 5.92 Å². The first-order valence-corrected chi connectivity index (χ1v) is 8.63. The zero-order valence-electron chi connectivity index (χ0n) is 13.7. The third kappa shape index (κ3) is 2.69. The van der Waals surface area contributed by atoms with Crippen LogP contribution in [-0.2, 0) is 17.6 Å². The number of hydrogen-bond acceptors (Lipinski definition) is 2. The highest BCUT2D eigenvalue weighted by molar-refractivity contribution is 5.85. The summed E-state index contributed by atoms with van der Waals surface area (Å²) in [5, 5.41) is 3.09. The third-order valence-corrected chi connectivity index (χ3v) is 5.20. The monoisotopic (exact) mass is 309 g/mol. The van der Waals surface area contributed by atoms with Crippen molar-refractivity contribution in [1.82, 2.24) is 5.32 Å². The maximum Gasteiger partial charge on any atom is 0.223 e. The predicted octanol–water partition coefficient (Wildman–Crippen LogP) is 3.42. The number of carbonyl (C=O) groups excluding carboxylic acids is 1. The minimum atomic E-state index is 0.244. The van der Waals surface area contributed by atoms with E-state index in [1.165, 1.54) is 27.8 Å². The molecule has 0 aromatic heterocycles. The Kier molecular flexibility index (Phi) is 3.72. The van der Waals surface area contributed by atoms with Crippen LogP contribution in [0.1, 0.15) is 42.4 Å². The highest BCUT2D eigenvalue weighted by atomic mass is 16.5. The molecule has 3 nitrogen and oxygen atoms in total. The predicted molar refractivity (Wildman–Crippen MR) is 91.4 cm³/mol. The Morgan fingerprint density at radius 1 is 1.30 bits per heavy atom. The average molecular weight is 309 g/mol. The summed E-state index contributed by atoms with van der Waals surface area (Å²) in [5.74, 6) is 1.55. The Balaban J connectivity index is 1.58. The molecule has 0 spiro atoms. The van der Waals surface area contributed by atoms with Crippen molar-refractivity contribution >= 4 is 11.5 Å². The Labute approximate surface area is 137 Å². The lowest BCUT2D eigenvalue weighted by Crippen LogP contribution is -2.26. The molecule has 1 fully saturated rings. The molecular weight excluding hydrogens is 286 g/mol. The zero-order chi connectivity index (χ0) is 15.8. The molecule has 1 saturated carbocycles. The summed E-state index contributed by atoms with van der Waals surface area (Å²) in [5.41, 5.74) is 6.99. The van der Waals surface area contributed by atoms with Crippen molar-refractivity contribution in [3.05, 3.63) is 46.5 Å². The van der Waals surface area contributed by atoms with Gasteiger partial charge in [0.05, 0.1) is 7.11 Å². The fourth-order valence-corrected chi connectivity index (χ4v) is 3.80. The van der Waals surface area contributed by atoms with E-state index in [1.807, 2.05) is 0 Å². The number of methoxy groups -OCH3 is 1. The largest absolute Gasteiger partial charge is 0.496 e. The van der Waals surface area contributed by atoms with Crippen molar-refractivity contribution in [2.24, 2.45) is 5.92 Å². The van der Waals surface area contributed by atoms with Crippen molar-refractivity contribution in [2.75, 3.05) is 13.7 Å². The molecule has 0 radical (unpaired) electrons. The topological polar surface area (TPSA) is 38.3 Å². The van der Waals surface area contributed by atoms with E-state index in [4.69, 9.17) is 4.74 Å². The molecule has 0 unspecified atom stereocenters. The molecule has 1 amide bonds. The van der Waals surface area contributed by atoms with E-state index >= 15 is 0 Å². The molecule has 0 aliphatic heterocycles. The molecule has 0 atom stereocenters. The summed E-state index contributed by atoms with van der Waals surface area (Å²) in [6, 6.07) is 4.30. The molecular formula is C20H23NO2. The lowest BCUT2D eigenvalue weighted by molar-refractivity contribution is -0.122. The van der Waals surface area contributed by atoms with Crippen LogP contribution in [0.2, 0.25) is 0 Å². The van der Waals surface area contributed by atoms with Gasteiger partial charge in [-0.15, -0.1) is 0 Å². The Bertz CT molecular complexity index is 711. The van der Waals surface area contributed by atoms with E-state index in [0.717, 1.165) is 50.8 Å². The molecule has 3 heteroatoms. The lowest BCUT2D eigenvalue weighted by Gasteiger charge is -2.28. The van der Waals surface area contributed by atoms with E-state index in [2.05, 4.69) is 29.6 Å². The number of ether oxygens (including phenoxy) is 1. The average Bonchev–Trinajstić information content (AvgIpc) is 3.42. The van der Waals surface area contributed by atoms with Crippen molar-refractivity contribution in [2.45, 2.75) is 38.5 Å². The molecule has 1 N–H and O–H groups in total. The Hall–Kier alpha value is -2.03. The van der Waals surface area contributed by atoms with Crippen LogP contribution in [0.15, 0.2) is 29.9 Å². The molecule has 0 saturated heterocycles. The second-order valence-corrected chi connectivity index (χ2v) is 6.72. The van der Waals surface area contributed by atoms with Crippen molar-refractivity contribution in [3.63, 3.8) is 0 Å². The second-order valence-electron chi connectivity index (χ2n) is 6.72. The minimum absolute atomic E-state index is 0.244. The number of hydrogen-bond donors (Lipinski definition) is 1. The summed E-state index contributed by atoms with van der Waals surface area (Å²) in [6.07, 6.45) is 10.7. The fraction of sp³-hybridized carbons (Fsp3) is 0.450. The summed E-state index contributed by atoms with van der Waals surface area (Å²) >= 11 is 0. The van der Waals surface area contributed by atoms with Gasteiger partial charge < -0.3 is 10.1 Å². The maximum absolute atomic E-state index is 11.8. The van der Waals surface area contributed by atoms with Crippen LogP contribution in [0.25, 0.3) is 5.57 Å². The quantitative estimate of drug-likeness (QED) is 0.905. The molecule has 23 heavy (non-hydrogen) atoms. The molecule has 1 aromatic rings. The van der Waals surface area contributed by atoms with E-state index in [-0.39, 0.29) is 5.91 Å². The summed E-state index contributed by atoms with van der Waals surface area (Å²) in [7, 11) is 1.75. The van der Waals surface area contributed by atoms with Crippen LogP contribution in [0, 0.1) is 5.92 Å². The second kappa shape index (κ2) is 5.88. The van der Waals surface area contributed by atoms with Gasteiger partial charge in [-0.1, -0.05) is 23.8 Å². The van der Waals surface area contributed by atoms with Crippen molar-refractivity contribution < 1.29 is 9.53 Å². The van der Waals surface area contributed by atoms with Gasteiger partial charge in [-0.2, -0.15) is 0 Å². The number of nitrogens with one attached hydrogen (secondary N) is 1. The normalized spacial score (nSPS) is 18.7. The maximum atomic E-state index is 11.8. The van der Waals surface area contributed by atoms with Crippen LogP contribution in [0.3, 0.4) is 0 Å². The van der Waals surface area contributed by atoms with Gasteiger partial charge in [0.25, 0.3) is 0 Å². The standard InChI is InChI=1S/C20H23NO2/c1-23-18-10-8-14-3-2-4-16-13(7-9-17(18)19(14)16)11-12-21-20(22)15-5-6-15/h2,4,8,10,15H,3,5-7,9,11-12H2,1H3,(H,21,22). The van der Waals surface area contributed by atoms with Crippen molar-refractivity contribution in [3.8, 4) is 5.75 Å². The van der Waals surface area contributed by atoms with Crippen LogP contribution in [-0.4, -0.2) is 19.6 Å². The lowest BCUT2D eigenvalue weighted by atomic mass is 9.78. The fourth-order valence-electron chi connectivity index (χ4n) is 3.80. The SMILES string of the molecule is COc1ccc2c3c1CCC(CCNC(=O)C1CC1)=C3C=CC2. The van der Waals surface area contributed by atoms with Gasteiger partial charge >= 0.3 is 0 Å². The van der Waals surface area contributed by atoms with Crippen molar-refractivity contribution in [1.29, 1.82) is 0 Å². The third-order valence-electron chi connectivity index (χ3n) is 5.20. The number of benzene rings is 1. The highest BCUT2D eigenvalue weighted by Crippen LogP contribution is 2.42. The molecule has 0 bridgehead atoms. The van der Waals surface area contributed by atoms with E-state index < -0.39 is 0 Å². The number of allylic oxidation sites excluding steroid dienone is 3. The van der Waals surface area contributed by atoms with E-state index in [1.54, 1.807) is 7.11 Å². The summed E-state index contributed by atoms with van der Waals surface area (Å²) in [6.45, 7) is 0.761. The van der Waals surface area contributed by atoms with Gasteiger partial charge in [0, 0.05) is 18.0 Å². The number of rotatable bonds is 5. The Morgan fingerprint density at radius 3 is 2.96 bits per heavy atom. The highest BCUT2D eigenvalue weighted by Gasteiger charge is 2.29. The first-order valence-electron chi connectivity index (χ1n) is 8.63. The first kappa shape index (κ1) is 14.6. The number of amides is 1. The molecule has 120 valence electrons. The van der Waals surface area contributed by atoms with Crippen LogP contribution >= 0.6 is 0 Å². The van der Waals surface area contributed by atoms with Gasteiger partial charge in [0.1, 0.15) is 5.75 Å². The Morgan fingerprint density at radius 2 is 2.17 bits per heavy atom. The van der Waals surface area contributed by atoms with Gasteiger partial charge in [-0.3, -0.25) is 4.79 Å². The van der Waals surface area contributed by atoms with Gasteiger partial charge in [-0.05, 0) is 61.3 Å². The van der Waals surface area contributed by atoms with Crippen LogP contribution in [0.4, 0.5) is 0 Å². The smallest absolute Gasteiger partial charge is 0.223 e. The first-order chi connectivity index (χ1) is 11.3. The molecule has 4 rings (SSSR count). The van der Waals surface area contributed by atoms with Gasteiger partial charge in [0.2, 0.25) is 5.91 Å². The van der Waals surface area contributed by atoms with Crippen LogP contribution < -0.4 is 10.1 Å².